The molecule has 1 atom stereocenters. The van der Waals surface area contributed by atoms with E-state index in [1.165, 1.54) is 12.8 Å². The first-order valence-corrected chi connectivity index (χ1v) is 8.20. The summed E-state index contributed by atoms with van der Waals surface area (Å²) in [6, 6.07) is 0. The van der Waals surface area contributed by atoms with Gasteiger partial charge >= 0.3 is 0 Å². The molecule has 0 fully saturated rings. The zero-order valence-electron chi connectivity index (χ0n) is 12.8. The molecule has 4 heteroatoms. The van der Waals surface area contributed by atoms with Gasteiger partial charge in [-0.25, -0.2) is 4.98 Å². The van der Waals surface area contributed by atoms with Crippen molar-refractivity contribution in [3.8, 4) is 0 Å². The Morgan fingerprint density at radius 1 is 1.37 bits per heavy atom. The number of aromatic nitrogens is 1. The van der Waals surface area contributed by atoms with Gasteiger partial charge in [0.05, 0.1) is 5.54 Å². The molecule has 0 spiro atoms. The van der Waals surface area contributed by atoms with E-state index in [2.05, 4.69) is 38.0 Å². The van der Waals surface area contributed by atoms with Crippen LogP contribution in [0.4, 0.5) is 0 Å². The van der Waals surface area contributed by atoms with Crippen LogP contribution in [0, 0.1) is 11.8 Å². The summed E-state index contributed by atoms with van der Waals surface area (Å²) in [6.07, 6.45) is 5.49. The fraction of sp³-hybridized carbons (Fsp3) is 0.800. The van der Waals surface area contributed by atoms with E-state index in [4.69, 9.17) is 5.73 Å². The molecule has 3 N–H and O–H groups in total. The second kappa shape index (κ2) is 7.98. The first-order valence-electron chi connectivity index (χ1n) is 7.32. The Hall–Kier alpha value is -0.450. The van der Waals surface area contributed by atoms with Crippen LogP contribution in [0.3, 0.4) is 0 Å². The molecule has 1 unspecified atom stereocenters. The van der Waals surface area contributed by atoms with Gasteiger partial charge in [-0.3, -0.25) is 0 Å². The Labute approximate surface area is 122 Å². The van der Waals surface area contributed by atoms with Crippen LogP contribution in [0.15, 0.2) is 11.6 Å². The zero-order chi connectivity index (χ0) is 14.3. The van der Waals surface area contributed by atoms with Crippen LogP contribution < -0.4 is 11.1 Å². The van der Waals surface area contributed by atoms with Gasteiger partial charge in [-0.15, -0.1) is 11.3 Å². The van der Waals surface area contributed by atoms with Gasteiger partial charge in [0, 0.05) is 11.6 Å². The zero-order valence-corrected chi connectivity index (χ0v) is 13.6. The number of hydrogen-bond donors (Lipinski definition) is 2. The monoisotopic (exact) mass is 283 g/mol. The van der Waals surface area contributed by atoms with Crippen LogP contribution in [-0.2, 0) is 5.54 Å². The Morgan fingerprint density at radius 3 is 2.63 bits per heavy atom. The largest absolute Gasteiger partial charge is 0.330 e. The number of hydrogen-bond acceptors (Lipinski definition) is 4. The smallest absolute Gasteiger partial charge is 0.112 e. The number of nitrogens with zero attached hydrogens (tertiary/aromatic N) is 1. The average Bonchev–Trinajstić information content (AvgIpc) is 2.87. The minimum Gasteiger partial charge on any atom is -0.330 e. The predicted molar refractivity (Wildman–Crippen MR) is 84.4 cm³/mol. The summed E-state index contributed by atoms with van der Waals surface area (Å²) in [7, 11) is 0. The lowest BCUT2D eigenvalue weighted by atomic mass is 9.88. The van der Waals surface area contributed by atoms with Gasteiger partial charge in [-0.2, -0.15) is 0 Å². The van der Waals surface area contributed by atoms with Crippen LogP contribution in [0.25, 0.3) is 0 Å². The Bertz CT molecular complexity index is 333. The van der Waals surface area contributed by atoms with E-state index in [-0.39, 0.29) is 5.54 Å². The Balaban J connectivity index is 2.30. The topological polar surface area (TPSA) is 50.9 Å². The van der Waals surface area contributed by atoms with Crippen molar-refractivity contribution >= 4 is 11.3 Å². The summed E-state index contributed by atoms with van der Waals surface area (Å²) in [5.41, 5.74) is 5.66. The number of thiazole rings is 1. The van der Waals surface area contributed by atoms with Gasteiger partial charge in [-0.1, -0.05) is 13.8 Å². The molecule has 0 aliphatic rings. The van der Waals surface area contributed by atoms with Crippen molar-refractivity contribution in [3.05, 3.63) is 16.6 Å². The molecule has 3 nitrogen and oxygen atoms in total. The fourth-order valence-corrected chi connectivity index (χ4v) is 3.14. The molecular formula is C15H29N3S. The summed E-state index contributed by atoms with van der Waals surface area (Å²) >= 11 is 1.72. The van der Waals surface area contributed by atoms with Crippen LogP contribution in [0.2, 0.25) is 0 Å². The van der Waals surface area contributed by atoms with Crippen molar-refractivity contribution in [1.29, 1.82) is 0 Å². The minimum atomic E-state index is -0.0185. The van der Waals surface area contributed by atoms with E-state index in [1.54, 1.807) is 11.3 Å². The average molecular weight is 283 g/mol. The molecule has 0 saturated heterocycles. The number of rotatable bonds is 9. The van der Waals surface area contributed by atoms with Crippen LogP contribution in [0.1, 0.15) is 52.0 Å². The van der Waals surface area contributed by atoms with Crippen molar-refractivity contribution in [3.63, 3.8) is 0 Å². The predicted octanol–water partition coefficient (Wildman–Crippen LogP) is 3.37. The lowest BCUT2D eigenvalue weighted by molar-refractivity contribution is 0.317. The van der Waals surface area contributed by atoms with E-state index in [1.807, 2.05) is 11.6 Å². The van der Waals surface area contributed by atoms with E-state index >= 15 is 0 Å². The first kappa shape index (κ1) is 16.6. The molecule has 1 heterocycles. The molecule has 0 saturated carbocycles. The third-order valence-corrected chi connectivity index (χ3v) is 4.86. The first-order chi connectivity index (χ1) is 8.97. The highest BCUT2D eigenvalue weighted by Gasteiger charge is 2.22. The Morgan fingerprint density at radius 2 is 2.11 bits per heavy atom. The third kappa shape index (κ3) is 5.59. The van der Waals surface area contributed by atoms with Crippen molar-refractivity contribution in [2.45, 2.75) is 52.5 Å². The van der Waals surface area contributed by atoms with Crippen LogP contribution >= 0.6 is 11.3 Å². The van der Waals surface area contributed by atoms with Gasteiger partial charge in [0.1, 0.15) is 5.01 Å². The van der Waals surface area contributed by atoms with Crippen molar-refractivity contribution in [2.75, 3.05) is 13.1 Å². The maximum Gasteiger partial charge on any atom is 0.112 e. The molecule has 0 bridgehead atoms. The number of nitrogens with one attached hydrogen (secondary N) is 1. The molecular weight excluding hydrogens is 254 g/mol. The van der Waals surface area contributed by atoms with Crippen LogP contribution in [-0.4, -0.2) is 18.1 Å². The quantitative estimate of drug-likeness (QED) is 0.683. The molecule has 1 rings (SSSR count). The molecule has 0 aromatic carbocycles. The molecule has 1 aromatic rings. The Kier molecular flexibility index (Phi) is 6.97. The second-order valence-corrected chi connectivity index (χ2v) is 7.01. The molecule has 110 valence electrons. The van der Waals surface area contributed by atoms with E-state index in [0.29, 0.717) is 0 Å². The van der Waals surface area contributed by atoms with Gasteiger partial charge in [0.25, 0.3) is 0 Å². The van der Waals surface area contributed by atoms with Gasteiger partial charge < -0.3 is 11.1 Å². The van der Waals surface area contributed by atoms with Gasteiger partial charge in [0.2, 0.25) is 0 Å². The van der Waals surface area contributed by atoms with Crippen molar-refractivity contribution in [2.24, 2.45) is 17.6 Å². The third-order valence-electron chi connectivity index (χ3n) is 3.77. The molecule has 0 amide bonds. The van der Waals surface area contributed by atoms with E-state index in [0.717, 1.165) is 36.4 Å². The molecule has 0 aliphatic carbocycles. The summed E-state index contributed by atoms with van der Waals surface area (Å²) in [5, 5.41) is 6.81. The SMILES string of the molecule is CC(C)C(CCN)CCCNC(C)(C)c1nccs1. The summed E-state index contributed by atoms with van der Waals surface area (Å²) in [4.78, 5) is 4.40. The lowest BCUT2D eigenvalue weighted by Crippen LogP contribution is -2.37. The van der Waals surface area contributed by atoms with Crippen LogP contribution in [0.5, 0.6) is 0 Å². The van der Waals surface area contributed by atoms with Crippen molar-refractivity contribution < 1.29 is 0 Å². The molecule has 1 aromatic heterocycles. The van der Waals surface area contributed by atoms with Gasteiger partial charge in [0.15, 0.2) is 0 Å². The van der Waals surface area contributed by atoms with Gasteiger partial charge in [-0.05, 0) is 58.0 Å². The molecule has 0 radical (unpaired) electrons. The maximum atomic E-state index is 5.68. The lowest BCUT2D eigenvalue weighted by Gasteiger charge is -2.25. The standard InChI is InChI=1S/C15H29N3S/c1-12(2)13(7-8-16)6-5-9-18-15(3,4)14-17-10-11-19-14/h10-13,18H,5-9,16H2,1-4H3. The summed E-state index contributed by atoms with van der Waals surface area (Å²) in [6.45, 7) is 10.8. The van der Waals surface area contributed by atoms with Crippen molar-refractivity contribution in [1.82, 2.24) is 10.3 Å². The fourth-order valence-electron chi connectivity index (χ4n) is 2.40. The maximum absolute atomic E-state index is 5.68. The number of nitrogens with two attached hydrogens (primary N) is 1. The highest BCUT2D eigenvalue weighted by molar-refractivity contribution is 7.09. The second-order valence-electron chi connectivity index (χ2n) is 6.11. The molecule has 0 aliphatic heterocycles. The van der Waals surface area contributed by atoms with E-state index in [9.17, 15) is 0 Å². The highest BCUT2D eigenvalue weighted by Crippen LogP contribution is 2.23. The van der Waals surface area contributed by atoms with E-state index < -0.39 is 0 Å². The highest BCUT2D eigenvalue weighted by atomic mass is 32.1. The normalized spacial score (nSPS) is 14.0. The summed E-state index contributed by atoms with van der Waals surface area (Å²) < 4.78 is 0. The summed E-state index contributed by atoms with van der Waals surface area (Å²) in [5.74, 6) is 1.49. The minimum absolute atomic E-state index is 0.0185. The molecule has 19 heavy (non-hydrogen) atoms.